The third kappa shape index (κ3) is 6.41. The molecule has 0 radical (unpaired) electrons. The van der Waals surface area contributed by atoms with Crippen LogP contribution in [0.1, 0.15) is 65.0 Å². The fourth-order valence-electron chi connectivity index (χ4n) is 3.83. The minimum atomic E-state index is -4.31. The average molecular weight is 472 g/mol. The summed E-state index contributed by atoms with van der Waals surface area (Å²) in [6.45, 7) is -0.109. The van der Waals surface area contributed by atoms with Gasteiger partial charge in [0.2, 0.25) is 0 Å². The van der Waals surface area contributed by atoms with Gasteiger partial charge in [0.1, 0.15) is 5.56 Å². The van der Waals surface area contributed by atoms with Crippen LogP contribution in [-0.4, -0.2) is 32.7 Å². The van der Waals surface area contributed by atoms with Crippen LogP contribution in [0.5, 0.6) is 0 Å². The number of carboxylic acids is 1. The number of aromatic nitrogens is 2. The van der Waals surface area contributed by atoms with Gasteiger partial charge >= 0.3 is 12.1 Å². The van der Waals surface area contributed by atoms with E-state index < -0.39 is 30.0 Å². The lowest BCUT2D eigenvalue weighted by Crippen LogP contribution is -2.33. The molecular weight excluding hydrogens is 447 g/mol. The van der Waals surface area contributed by atoms with E-state index in [1.807, 2.05) is 0 Å². The smallest absolute Gasteiger partial charge is 0.389 e. The Kier molecular flexibility index (Phi) is 7.70. The number of amides is 1. The molecule has 0 saturated carbocycles. The Morgan fingerprint density at radius 3 is 2.59 bits per heavy atom. The summed E-state index contributed by atoms with van der Waals surface area (Å²) in [5, 5.41) is 11.5. The van der Waals surface area contributed by atoms with Crippen LogP contribution in [0.2, 0.25) is 0 Å². The number of aliphatic carboxylic acids is 1. The van der Waals surface area contributed by atoms with Gasteiger partial charge in [-0.05, 0) is 43.7 Å². The fourth-order valence-corrected chi connectivity index (χ4v) is 4.63. The van der Waals surface area contributed by atoms with E-state index >= 15 is 0 Å². The Morgan fingerprint density at radius 1 is 1.19 bits per heavy atom. The monoisotopic (exact) mass is 471 g/mol. The highest BCUT2D eigenvalue weighted by molar-refractivity contribution is 7.15. The first-order valence-electron chi connectivity index (χ1n) is 10.4. The summed E-state index contributed by atoms with van der Waals surface area (Å²) in [5.74, 6) is -1.74. The predicted molar refractivity (Wildman–Crippen MR) is 113 cm³/mol. The van der Waals surface area contributed by atoms with E-state index in [-0.39, 0.29) is 30.1 Å². The van der Waals surface area contributed by atoms with Crippen molar-refractivity contribution in [1.29, 1.82) is 0 Å². The SMILES string of the molecule is O=C(O)Cc1cnc(NC(=O)c2cc3c(n(CCCC(F)(F)F)c2=O)CCCCCC3)s1. The van der Waals surface area contributed by atoms with Gasteiger partial charge in [0.05, 0.1) is 6.42 Å². The maximum absolute atomic E-state index is 13.1. The number of nitrogens with one attached hydrogen (secondary N) is 1. The van der Waals surface area contributed by atoms with Crippen LogP contribution in [0.4, 0.5) is 18.3 Å². The molecule has 0 unspecified atom stereocenters. The second-order valence-corrected chi connectivity index (χ2v) is 8.89. The van der Waals surface area contributed by atoms with Crippen LogP contribution in [0.15, 0.2) is 17.1 Å². The van der Waals surface area contributed by atoms with Crippen molar-refractivity contribution in [1.82, 2.24) is 9.55 Å². The molecule has 11 heteroatoms. The van der Waals surface area contributed by atoms with Crippen LogP contribution in [0.3, 0.4) is 0 Å². The molecule has 7 nitrogen and oxygen atoms in total. The first kappa shape index (κ1) is 24.0. The molecule has 1 amide bonds. The van der Waals surface area contributed by atoms with Crippen molar-refractivity contribution in [2.75, 3.05) is 5.32 Å². The topological polar surface area (TPSA) is 101 Å². The number of aryl methyl sites for hydroxylation is 1. The van der Waals surface area contributed by atoms with E-state index in [0.717, 1.165) is 42.6 Å². The molecule has 0 fully saturated rings. The van der Waals surface area contributed by atoms with E-state index in [1.165, 1.54) is 10.8 Å². The molecule has 0 spiro atoms. The minimum absolute atomic E-state index is 0.109. The molecule has 0 aromatic carbocycles. The molecule has 1 aliphatic rings. The van der Waals surface area contributed by atoms with E-state index in [4.69, 9.17) is 5.11 Å². The number of hydrogen-bond donors (Lipinski definition) is 2. The standard InChI is InChI=1S/C21H24F3N3O4S/c22-21(23,24)8-5-9-27-16-7-4-2-1-3-6-13(16)10-15(19(27)31)18(30)26-20-25-12-14(32-20)11-17(28)29/h10,12H,1-9,11H2,(H,28,29)(H,25,26,30). The van der Waals surface area contributed by atoms with Crippen LogP contribution >= 0.6 is 11.3 Å². The quantitative estimate of drug-likeness (QED) is 0.631. The van der Waals surface area contributed by atoms with E-state index in [9.17, 15) is 27.6 Å². The Bertz CT molecular complexity index is 1050. The Balaban J connectivity index is 1.90. The largest absolute Gasteiger partial charge is 0.481 e. The molecule has 0 saturated heterocycles. The van der Waals surface area contributed by atoms with Gasteiger partial charge in [-0.15, -0.1) is 11.3 Å². The molecule has 2 heterocycles. The zero-order chi connectivity index (χ0) is 23.3. The van der Waals surface area contributed by atoms with E-state index in [0.29, 0.717) is 23.4 Å². The maximum Gasteiger partial charge on any atom is 0.389 e. The van der Waals surface area contributed by atoms with Crippen molar-refractivity contribution < 1.29 is 27.9 Å². The summed E-state index contributed by atoms with van der Waals surface area (Å²) in [5.41, 5.74) is 0.760. The second kappa shape index (κ2) is 10.3. The van der Waals surface area contributed by atoms with Crippen LogP contribution in [-0.2, 0) is 30.6 Å². The summed E-state index contributed by atoms with van der Waals surface area (Å²) >= 11 is 0.988. The molecule has 1 aliphatic carbocycles. The van der Waals surface area contributed by atoms with Gasteiger partial charge in [0, 0.05) is 29.7 Å². The Hall–Kier alpha value is -2.69. The molecule has 2 aromatic rings. The zero-order valence-corrected chi connectivity index (χ0v) is 18.2. The third-order valence-electron chi connectivity index (χ3n) is 5.29. The molecule has 0 aliphatic heterocycles. The summed E-state index contributed by atoms with van der Waals surface area (Å²) < 4.78 is 39.3. The molecule has 32 heavy (non-hydrogen) atoms. The minimum Gasteiger partial charge on any atom is -0.481 e. The lowest BCUT2D eigenvalue weighted by atomic mass is 9.95. The van der Waals surface area contributed by atoms with Gasteiger partial charge in [-0.2, -0.15) is 13.2 Å². The van der Waals surface area contributed by atoms with Gasteiger partial charge in [-0.25, -0.2) is 4.98 Å². The molecule has 0 atom stereocenters. The molecule has 2 N–H and O–H groups in total. The van der Waals surface area contributed by atoms with Crippen molar-refractivity contribution in [3.8, 4) is 0 Å². The normalized spacial score (nSPS) is 14.3. The molecule has 174 valence electrons. The van der Waals surface area contributed by atoms with Gasteiger partial charge in [0.25, 0.3) is 11.5 Å². The van der Waals surface area contributed by atoms with Crippen LogP contribution < -0.4 is 10.9 Å². The average Bonchev–Trinajstić information content (AvgIpc) is 3.09. The fraction of sp³-hybridized carbons (Fsp3) is 0.524. The molecule has 3 rings (SSSR count). The third-order valence-corrected chi connectivity index (χ3v) is 6.20. The molecule has 2 aromatic heterocycles. The number of carbonyl (C=O) groups is 2. The summed E-state index contributed by atoms with van der Waals surface area (Å²) in [6, 6.07) is 1.55. The summed E-state index contributed by atoms with van der Waals surface area (Å²) in [4.78, 5) is 41.2. The lowest BCUT2D eigenvalue weighted by Gasteiger charge is -2.21. The number of carboxylic acid groups (broad SMARTS) is 1. The van der Waals surface area contributed by atoms with Crippen molar-refractivity contribution in [3.63, 3.8) is 0 Å². The van der Waals surface area contributed by atoms with Crippen molar-refractivity contribution >= 4 is 28.3 Å². The van der Waals surface area contributed by atoms with E-state index in [2.05, 4.69) is 10.3 Å². The Labute approximate surface area is 186 Å². The van der Waals surface area contributed by atoms with Gasteiger partial charge in [-0.1, -0.05) is 12.8 Å². The number of hydrogen-bond acceptors (Lipinski definition) is 5. The highest BCUT2D eigenvalue weighted by Crippen LogP contribution is 2.24. The number of nitrogens with zero attached hydrogens (tertiary/aromatic N) is 2. The second-order valence-electron chi connectivity index (χ2n) is 7.78. The number of thiazole rings is 1. The van der Waals surface area contributed by atoms with Crippen molar-refractivity contribution in [3.05, 3.63) is 44.3 Å². The van der Waals surface area contributed by atoms with E-state index in [1.54, 1.807) is 6.07 Å². The van der Waals surface area contributed by atoms with Gasteiger partial charge in [-0.3, -0.25) is 19.7 Å². The first-order valence-corrected chi connectivity index (χ1v) is 11.3. The summed E-state index contributed by atoms with van der Waals surface area (Å²) in [6.07, 6.45) is 0.484. The number of halogens is 3. The van der Waals surface area contributed by atoms with Gasteiger partial charge in [0.15, 0.2) is 5.13 Å². The van der Waals surface area contributed by atoms with Crippen LogP contribution in [0.25, 0.3) is 0 Å². The Morgan fingerprint density at radius 2 is 1.91 bits per heavy atom. The highest BCUT2D eigenvalue weighted by Gasteiger charge is 2.27. The maximum atomic E-state index is 13.1. The number of rotatable bonds is 7. The lowest BCUT2D eigenvalue weighted by molar-refractivity contribution is -0.137. The number of alkyl halides is 3. The molecular formula is C21H24F3N3O4S. The van der Waals surface area contributed by atoms with Gasteiger partial charge < -0.3 is 9.67 Å². The number of anilines is 1. The highest BCUT2D eigenvalue weighted by atomic mass is 32.1. The van der Waals surface area contributed by atoms with Crippen LogP contribution in [0, 0.1) is 0 Å². The predicted octanol–water partition coefficient (Wildman–Crippen LogP) is 4.19. The zero-order valence-electron chi connectivity index (χ0n) is 17.3. The number of pyridine rings is 1. The first-order chi connectivity index (χ1) is 15.1. The summed E-state index contributed by atoms with van der Waals surface area (Å²) in [7, 11) is 0. The molecule has 0 bridgehead atoms. The number of fused-ring (bicyclic) bond motifs is 1. The van der Waals surface area contributed by atoms with Crippen molar-refractivity contribution in [2.24, 2.45) is 0 Å². The number of carbonyl (C=O) groups excluding carboxylic acids is 1. The van der Waals surface area contributed by atoms with Crippen molar-refractivity contribution in [2.45, 2.75) is 70.5 Å².